The van der Waals surface area contributed by atoms with Gasteiger partial charge in [-0.1, -0.05) is 23.7 Å². The quantitative estimate of drug-likeness (QED) is 0.713. The van der Waals surface area contributed by atoms with Crippen LogP contribution in [0.5, 0.6) is 17.2 Å². The minimum Gasteiger partial charge on any atom is -0.497 e. The second-order valence-electron chi connectivity index (χ2n) is 6.13. The van der Waals surface area contributed by atoms with E-state index in [9.17, 15) is 9.59 Å². The maximum absolute atomic E-state index is 12.3. The van der Waals surface area contributed by atoms with E-state index in [1.165, 1.54) is 19.1 Å². The molecule has 0 unspecified atom stereocenters. The van der Waals surface area contributed by atoms with Gasteiger partial charge in [0, 0.05) is 6.54 Å². The lowest BCUT2D eigenvalue weighted by Gasteiger charge is -2.14. The lowest BCUT2D eigenvalue weighted by molar-refractivity contribution is -0.129. The topological polar surface area (TPSA) is 83.1 Å². The molecule has 2 aromatic carbocycles. The molecule has 3 rings (SSSR count). The highest BCUT2D eigenvalue weighted by Crippen LogP contribution is 2.39. The van der Waals surface area contributed by atoms with Crippen LogP contribution in [-0.4, -0.2) is 38.4 Å². The largest absolute Gasteiger partial charge is 0.497 e. The Morgan fingerprint density at radius 1 is 1.21 bits per heavy atom. The van der Waals surface area contributed by atoms with Gasteiger partial charge in [0.2, 0.25) is 6.79 Å². The number of benzene rings is 2. The molecule has 1 amide bonds. The molecule has 0 saturated carbocycles. The summed E-state index contributed by atoms with van der Waals surface area (Å²) in [5.41, 5.74) is 1.24. The van der Waals surface area contributed by atoms with E-state index in [0.717, 1.165) is 11.3 Å². The van der Waals surface area contributed by atoms with Gasteiger partial charge in [-0.05, 0) is 43.2 Å². The Hall–Kier alpha value is -2.93. The van der Waals surface area contributed by atoms with Crippen LogP contribution in [0, 0.1) is 0 Å². The summed E-state index contributed by atoms with van der Waals surface area (Å²) in [4.78, 5) is 24.5. The SMILES string of the molecule is COc1ccc(CCNC(=O)[C@H](C)OC(=O)c2cc(Cl)c3c(c2)OCO3)cc1. The molecule has 1 heterocycles. The van der Waals surface area contributed by atoms with Crippen molar-refractivity contribution >= 4 is 23.5 Å². The van der Waals surface area contributed by atoms with Gasteiger partial charge in [0.15, 0.2) is 17.6 Å². The van der Waals surface area contributed by atoms with Crippen LogP contribution in [0.2, 0.25) is 5.02 Å². The van der Waals surface area contributed by atoms with Gasteiger partial charge in [0.1, 0.15) is 5.75 Å². The molecule has 1 atom stereocenters. The minimum absolute atomic E-state index is 0.0422. The summed E-state index contributed by atoms with van der Waals surface area (Å²) in [5, 5.41) is 3.00. The number of halogens is 1. The molecule has 0 spiro atoms. The number of fused-ring (bicyclic) bond motifs is 1. The van der Waals surface area contributed by atoms with Crippen LogP contribution in [0.1, 0.15) is 22.8 Å². The Balaban J connectivity index is 1.49. The highest BCUT2D eigenvalue weighted by atomic mass is 35.5. The van der Waals surface area contributed by atoms with Crippen molar-refractivity contribution in [3.05, 3.63) is 52.5 Å². The molecule has 1 aliphatic heterocycles. The molecule has 148 valence electrons. The summed E-state index contributed by atoms with van der Waals surface area (Å²) in [6.45, 7) is 1.97. The second kappa shape index (κ2) is 8.84. The Kier molecular flexibility index (Phi) is 6.26. The Morgan fingerprint density at radius 3 is 2.68 bits per heavy atom. The molecule has 2 aromatic rings. The maximum atomic E-state index is 12.3. The van der Waals surface area contributed by atoms with Gasteiger partial charge >= 0.3 is 5.97 Å². The molecule has 1 aliphatic rings. The molecular weight excluding hydrogens is 386 g/mol. The van der Waals surface area contributed by atoms with Crippen LogP contribution < -0.4 is 19.5 Å². The van der Waals surface area contributed by atoms with E-state index < -0.39 is 12.1 Å². The van der Waals surface area contributed by atoms with Gasteiger partial charge in [0.25, 0.3) is 5.91 Å². The molecule has 0 aliphatic carbocycles. The fourth-order valence-corrected chi connectivity index (χ4v) is 2.90. The number of amides is 1. The fourth-order valence-electron chi connectivity index (χ4n) is 2.63. The zero-order chi connectivity index (χ0) is 20.1. The monoisotopic (exact) mass is 405 g/mol. The number of rotatable bonds is 7. The minimum atomic E-state index is -0.951. The van der Waals surface area contributed by atoms with Gasteiger partial charge in [0.05, 0.1) is 17.7 Å². The highest BCUT2D eigenvalue weighted by molar-refractivity contribution is 6.32. The van der Waals surface area contributed by atoms with E-state index in [1.807, 2.05) is 24.3 Å². The third kappa shape index (κ3) is 4.67. The molecule has 0 bridgehead atoms. The molecular formula is C20H20ClNO6. The maximum Gasteiger partial charge on any atom is 0.339 e. The van der Waals surface area contributed by atoms with Crippen LogP contribution in [-0.2, 0) is 16.0 Å². The van der Waals surface area contributed by atoms with Gasteiger partial charge in [-0.25, -0.2) is 4.79 Å². The van der Waals surface area contributed by atoms with E-state index in [0.29, 0.717) is 24.5 Å². The van der Waals surface area contributed by atoms with Gasteiger partial charge in [-0.3, -0.25) is 4.79 Å². The molecule has 0 saturated heterocycles. The number of esters is 1. The van der Waals surface area contributed by atoms with E-state index in [4.69, 9.17) is 30.5 Å². The van der Waals surface area contributed by atoms with Gasteiger partial charge in [-0.2, -0.15) is 0 Å². The van der Waals surface area contributed by atoms with Crippen molar-refractivity contribution in [3.63, 3.8) is 0 Å². The van der Waals surface area contributed by atoms with Crippen molar-refractivity contribution < 1.29 is 28.5 Å². The van der Waals surface area contributed by atoms with Crippen LogP contribution in [0.15, 0.2) is 36.4 Å². The molecule has 28 heavy (non-hydrogen) atoms. The van der Waals surface area contributed by atoms with E-state index in [-0.39, 0.29) is 23.3 Å². The number of carbonyl (C=O) groups is 2. The van der Waals surface area contributed by atoms with Crippen molar-refractivity contribution in [2.75, 3.05) is 20.4 Å². The van der Waals surface area contributed by atoms with Crippen LogP contribution in [0.25, 0.3) is 0 Å². The van der Waals surface area contributed by atoms with Crippen LogP contribution in [0.3, 0.4) is 0 Å². The normalized spacial score (nSPS) is 13.0. The number of ether oxygens (including phenoxy) is 4. The van der Waals surface area contributed by atoms with Crippen molar-refractivity contribution in [2.24, 2.45) is 0 Å². The first-order valence-corrected chi connectivity index (χ1v) is 9.06. The molecule has 8 heteroatoms. The molecule has 0 fully saturated rings. The first-order valence-electron chi connectivity index (χ1n) is 8.68. The second-order valence-corrected chi connectivity index (χ2v) is 6.54. The number of methoxy groups -OCH3 is 1. The van der Waals surface area contributed by atoms with Crippen molar-refractivity contribution in [3.8, 4) is 17.2 Å². The fraction of sp³-hybridized carbons (Fsp3) is 0.300. The van der Waals surface area contributed by atoms with Crippen molar-refractivity contribution in [1.29, 1.82) is 0 Å². The third-order valence-electron chi connectivity index (χ3n) is 4.19. The Labute approximate surface area is 167 Å². The highest BCUT2D eigenvalue weighted by Gasteiger charge is 2.24. The van der Waals surface area contributed by atoms with Crippen LogP contribution >= 0.6 is 11.6 Å². The standard InChI is InChI=1S/C20H20ClNO6/c1-12(19(23)22-8-7-13-3-5-15(25-2)6-4-13)28-20(24)14-9-16(21)18-17(10-14)26-11-27-18/h3-6,9-10,12H,7-8,11H2,1-2H3,(H,22,23)/t12-/m0/s1. The first-order chi connectivity index (χ1) is 13.5. The smallest absolute Gasteiger partial charge is 0.339 e. The number of nitrogens with one attached hydrogen (secondary N) is 1. The predicted octanol–water partition coefficient (Wildman–Crippen LogP) is 2.98. The summed E-state index contributed by atoms with van der Waals surface area (Å²) in [6, 6.07) is 10.5. The summed E-state index contributed by atoms with van der Waals surface area (Å²) in [5.74, 6) is 0.488. The molecule has 0 aromatic heterocycles. The lowest BCUT2D eigenvalue weighted by atomic mass is 10.1. The van der Waals surface area contributed by atoms with Gasteiger partial charge in [-0.15, -0.1) is 0 Å². The average molecular weight is 406 g/mol. The summed E-state index contributed by atoms with van der Waals surface area (Å²) in [6.07, 6.45) is -0.304. The lowest BCUT2D eigenvalue weighted by Crippen LogP contribution is -2.36. The number of carbonyl (C=O) groups excluding carboxylic acids is 2. The molecule has 1 N–H and O–H groups in total. The average Bonchev–Trinajstić information content (AvgIpc) is 3.17. The summed E-state index contributed by atoms with van der Waals surface area (Å²) < 4.78 is 20.8. The Morgan fingerprint density at radius 2 is 1.96 bits per heavy atom. The zero-order valence-corrected chi connectivity index (χ0v) is 16.2. The predicted molar refractivity (Wildman–Crippen MR) is 102 cm³/mol. The third-order valence-corrected chi connectivity index (χ3v) is 4.47. The Bertz CT molecular complexity index is 868. The van der Waals surface area contributed by atoms with E-state index in [1.54, 1.807) is 7.11 Å². The number of hydrogen-bond acceptors (Lipinski definition) is 6. The summed E-state index contributed by atoms with van der Waals surface area (Å²) >= 11 is 6.06. The first kappa shape index (κ1) is 19.8. The van der Waals surface area contributed by atoms with E-state index >= 15 is 0 Å². The number of hydrogen-bond donors (Lipinski definition) is 1. The zero-order valence-electron chi connectivity index (χ0n) is 15.5. The summed E-state index contributed by atoms with van der Waals surface area (Å²) in [7, 11) is 1.61. The van der Waals surface area contributed by atoms with E-state index in [2.05, 4.69) is 5.32 Å². The van der Waals surface area contributed by atoms with Crippen LogP contribution in [0.4, 0.5) is 0 Å². The van der Waals surface area contributed by atoms with Crippen molar-refractivity contribution in [2.45, 2.75) is 19.4 Å². The molecule has 0 radical (unpaired) electrons. The molecule has 7 nitrogen and oxygen atoms in total. The van der Waals surface area contributed by atoms with Gasteiger partial charge < -0.3 is 24.3 Å². The van der Waals surface area contributed by atoms with Crippen molar-refractivity contribution in [1.82, 2.24) is 5.32 Å².